The van der Waals surface area contributed by atoms with E-state index >= 15 is 0 Å². The van der Waals surface area contributed by atoms with E-state index in [2.05, 4.69) is 0 Å². The van der Waals surface area contributed by atoms with Crippen LogP contribution in [0.1, 0.15) is 108 Å². The zero-order valence-electron chi connectivity index (χ0n) is 43.1. The summed E-state index contributed by atoms with van der Waals surface area (Å²) >= 11 is 12.3. The first kappa shape index (κ1) is 60.3. The summed E-state index contributed by atoms with van der Waals surface area (Å²) < 4.78 is 52.7. The molecule has 14 atom stereocenters. The van der Waals surface area contributed by atoms with Gasteiger partial charge in [0.1, 0.15) is 41.1 Å². The van der Waals surface area contributed by atoms with Crippen LogP contribution in [0.25, 0.3) is 0 Å². The number of rotatable bonds is 13. The first-order valence-corrected chi connectivity index (χ1v) is 25.1. The minimum Gasteiger partial charge on any atom is -0.505 e. The maximum Gasteiger partial charge on any atom is 0.374 e. The van der Waals surface area contributed by atoms with Crippen molar-refractivity contribution in [3.05, 3.63) is 104 Å². The van der Waals surface area contributed by atoms with E-state index in [0.29, 0.717) is 23.1 Å². The van der Waals surface area contributed by atoms with Crippen molar-refractivity contribution in [2.75, 3.05) is 13.7 Å². The number of esters is 3. The van der Waals surface area contributed by atoms with Crippen molar-refractivity contribution in [1.82, 2.24) is 0 Å². The van der Waals surface area contributed by atoms with Gasteiger partial charge in [-0.15, -0.1) is 0 Å². The molecule has 0 bridgehead atoms. The average molecular weight is 1080 g/mol. The standard InChI is InChI=1S/C53H70Cl2O19/c1-11-30-23-26(4)33(57)17-14-13-16-31(24-68-52-46(66-10)41(60)44(29(7)69-52)71-50(65)36-32(12-2)37(54)40(59)38(55)39(36)58)48(63)70-34(28(6)56)20-19-25(3)22-27(5)43(30)73-51-42(61)45(47(62)53(8,9)74-51)72-49(64)35-18-15-21-67-35/h13-16,18-19,21-23,28-30,33-34,41-47,51-52,56-62H,11-12,17,20,24H2,1-10H3/b14-13+,25-19+,26-23+,27-22+,31-16+/t28-,29-,30+,33+,34+,41+,42+,43+,44-,45-,46+,47+,51-,52-/m1/s1. The van der Waals surface area contributed by atoms with Gasteiger partial charge in [-0.2, -0.15) is 0 Å². The zero-order chi connectivity index (χ0) is 54.9. The lowest BCUT2D eigenvalue weighted by molar-refractivity contribution is -0.330. The minimum atomic E-state index is -1.65. The van der Waals surface area contributed by atoms with Crippen molar-refractivity contribution in [3.63, 3.8) is 0 Å². The number of halogens is 2. The smallest absolute Gasteiger partial charge is 0.374 e. The quantitative estimate of drug-likeness (QED) is 0.0642. The molecule has 3 aliphatic heterocycles. The third-order valence-corrected chi connectivity index (χ3v) is 14.0. The largest absolute Gasteiger partial charge is 0.505 e. The Hall–Kier alpha value is -4.61. The van der Waals surface area contributed by atoms with Gasteiger partial charge in [0.2, 0.25) is 5.76 Å². The van der Waals surface area contributed by atoms with Gasteiger partial charge in [-0.05, 0) is 103 Å². The van der Waals surface area contributed by atoms with Gasteiger partial charge in [0.15, 0.2) is 36.3 Å². The van der Waals surface area contributed by atoms with Gasteiger partial charge in [-0.3, -0.25) is 0 Å². The minimum absolute atomic E-state index is 0.0455. The molecule has 410 valence electrons. The molecule has 0 unspecified atom stereocenters. The number of benzene rings is 1. The van der Waals surface area contributed by atoms with Crippen molar-refractivity contribution in [1.29, 1.82) is 0 Å². The number of cyclic esters (lactones) is 1. The van der Waals surface area contributed by atoms with Crippen LogP contribution in [0.15, 0.2) is 81.6 Å². The van der Waals surface area contributed by atoms with Gasteiger partial charge in [-0.1, -0.05) is 73.0 Å². The number of aliphatic hydroxyl groups excluding tert-OH is 5. The number of carbonyl (C=O) groups excluding carboxylic acids is 3. The third kappa shape index (κ3) is 14.2. The number of hydrogen-bond acceptors (Lipinski definition) is 19. The monoisotopic (exact) mass is 1080 g/mol. The van der Waals surface area contributed by atoms with Crippen molar-refractivity contribution in [2.45, 2.75) is 173 Å². The van der Waals surface area contributed by atoms with Crippen LogP contribution in [0.3, 0.4) is 0 Å². The number of allylic oxidation sites excluding steroid dienone is 4. The second-order valence-corrected chi connectivity index (χ2v) is 19.9. The Morgan fingerprint density at radius 2 is 1.61 bits per heavy atom. The number of ether oxygens (including phenoxy) is 8. The first-order chi connectivity index (χ1) is 34.9. The zero-order valence-corrected chi connectivity index (χ0v) is 44.6. The van der Waals surface area contributed by atoms with E-state index < -0.39 is 138 Å². The summed E-state index contributed by atoms with van der Waals surface area (Å²) in [6, 6.07) is 2.89. The number of aromatic hydroxyl groups is 2. The molecular formula is C53H70Cl2O19. The van der Waals surface area contributed by atoms with Crippen LogP contribution in [0, 0.1) is 5.92 Å². The number of carbonyl (C=O) groups is 3. The molecule has 1 aromatic carbocycles. The highest BCUT2D eigenvalue weighted by Gasteiger charge is 2.53. The molecule has 0 saturated carbocycles. The van der Waals surface area contributed by atoms with Gasteiger partial charge in [0.05, 0.1) is 53.5 Å². The van der Waals surface area contributed by atoms with Crippen LogP contribution in [-0.4, -0.2) is 153 Å². The second-order valence-electron chi connectivity index (χ2n) is 19.2. The van der Waals surface area contributed by atoms with Gasteiger partial charge < -0.3 is 78.1 Å². The maximum atomic E-state index is 14.0. The molecule has 0 amide bonds. The molecule has 19 nitrogen and oxygen atoms in total. The molecular weight excluding hydrogens is 1010 g/mol. The highest BCUT2D eigenvalue weighted by Crippen LogP contribution is 2.45. The number of hydrogen-bond donors (Lipinski definition) is 7. The normalized spacial score (nSPS) is 34.1. The molecule has 2 saturated heterocycles. The maximum absolute atomic E-state index is 14.0. The number of phenols is 2. The molecule has 74 heavy (non-hydrogen) atoms. The van der Waals surface area contributed by atoms with Gasteiger partial charge in [0.25, 0.3) is 0 Å². The van der Waals surface area contributed by atoms with E-state index in [4.69, 9.17) is 65.5 Å². The summed E-state index contributed by atoms with van der Waals surface area (Å²) in [6.07, 6.45) is -4.71. The molecule has 5 rings (SSSR count). The van der Waals surface area contributed by atoms with E-state index in [1.54, 1.807) is 46.8 Å². The lowest BCUT2D eigenvalue weighted by Gasteiger charge is -2.47. The predicted molar refractivity (Wildman–Crippen MR) is 268 cm³/mol. The Kier molecular flexibility index (Phi) is 21.5. The van der Waals surface area contributed by atoms with Crippen LogP contribution in [0.5, 0.6) is 11.5 Å². The lowest BCUT2D eigenvalue weighted by atomic mass is 9.88. The summed E-state index contributed by atoms with van der Waals surface area (Å²) in [5.74, 6) is -4.82. The average Bonchev–Trinajstić information content (AvgIpc) is 3.90. The lowest BCUT2D eigenvalue weighted by Crippen LogP contribution is -2.64. The fourth-order valence-electron chi connectivity index (χ4n) is 8.83. The fraction of sp³-hybridized carbons (Fsp3) is 0.566. The predicted octanol–water partition coefficient (Wildman–Crippen LogP) is 6.49. The number of methoxy groups -OCH3 is 1. The number of aliphatic hydroxyl groups is 5. The molecule has 2 fully saturated rings. The third-order valence-electron chi connectivity index (χ3n) is 13.3. The van der Waals surface area contributed by atoms with Crippen LogP contribution >= 0.6 is 23.2 Å². The summed E-state index contributed by atoms with van der Waals surface area (Å²) in [5, 5.41) is 76.7. The topological polar surface area (TPSA) is 280 Å². The summed E-state index contributed by atoms with van der Waals surface area (Å²) in [6.45, 7) is 14.6. The molecule has 21 heteroatoms. The SMILES string of the molecule is CCc1c(Cl)c(O)c(Cl)c(O)c1C(=O)O[C@H]1[C@H](O)[C@H](OC)[C@H](OC/C2=C\C=C\C[C@H](O)/C(C)=C/[C@H](CC)[C@@H](O[C@@H]3OC(C)(C)[C@@H](O)[C@H](OC(=O)c4ccco4)[C@@H]3O)/C(C)=C/C(C)=C/C[C@@H]([C@@H](C)O)OC2=O)O[C@@H]1C. The molecule has 7 N–H and O–H groups in total. The van der Waals surface area contributed by atoms with Crippen molar-refractivity contribution < 1.29 is 92.4 Å². The van der Waals surface area contributed by atoms with Crippen LogP contribution in [-0.2, 0) is 49.1 Å². The number of phenolic OH excluding ortho intramolecular Hbond substituents is 2. The Balaban J connectivity index is 1.39. The summed E-state index contributed by atoms with van der Waals surface area (Å²) in [5.41, 5.74) is 0.147. The highest BCUT2D eigenvalue weighted by atomic mass is 35.5. The first-order valence-electron chi connectivity index (χ1n) is 24.4. The fourth-order valence-corrected chi connectivity index (χ4v) is 9.39. The van der Waals surface area contributed by atoms with Gasteiger partial charge >= 0.3 is 17.9 Å². The van der Waals surface area contributed by atoms with E-state index in [1.807, 2.05) is 26.0 Å². The van der Waals surface area contributed by atoms with E-state index in [9.17, 15) is 50.1 Å². The Morgan fingerprint density at radius 3 is 2.23 bits per heavy atom. The Morgan fingerprint density at radius 1 is 0.919 bits per heavy atom. The second kappa shape index (κ2) is 26.4. The summed E-state index contributed by atoms with van der Waals surface area (Å²) in [7, 11) is 1.26. The molecule has 4 heterocycles. The molecule has 0 aliphatic carbocycles. The van der Waals surface area contributed by atoms with E-state index in [0.717, 1.165) is 0 Å². The Bertz CT molecular complexity index is 2420. The van der Waals surface area contributed by atoms with Gasteiger partial charge in [-0.25, -0.2) is 14.4 Å². The van der Waals surface area contributed by atoms with E-state index in [-0.39, 0.29) is 41.2 Å². The van der Waals surface area contributed by atoms with Crippen LogP contribution in [0.2, 0.25) is 10.0 Å². The molecule has 0 spiro atoms. The van der Waals surface area contributed by atoms with Crippen molar-refractivity contribution in [2.24, 2.45) is 5.92 Å². The van der Waals surface area contributed by atoms with E-state index in [1.165, 1.54) is 51.5 Å². The molecule has 0 radical (unpaired) electrons. The molecule has 3 aliphatic rings. The summed E-state index contributed by atoms with van der Waals surface area (Å²) in [4.78, 5) is 40.4. The van der Waals surface area contributed by atoms with Crippen molar-refractivity contribution in [3.8, 4) is 11.5 Å². The Labute approximate surface area is 440 Å². The van der Waals surface area contributed by atoms with Gasteiger partial charge in [0, 0.05) is 19.4 Å². The molecule has 2 aromatic rings. The highest BCUT2D eigenvalue weighted by molar-refractivity contribution is 6.39. The van der Waals surface area contributed by atoms with Crippen LogP contribution < -0.4 is 0 Å². The van der Waals surface area contributed by atoms with Crippen molar-refractivity contribution >= 4 is 41.1 Å². The molecule has 1 aromatic heterocycles. The van der Waals surface area contributed by atoms with Crippen LogP contribution in [0.4, 0.5) is 0 Å². The number of furan rings is 1.